The van der Waals surface area contributed by atoms with Crippen molar-refractivity contribution in [1.29, 1.82) is 0 Å². The normalized spacial score (nSPS) is 16.2. The fraction of sp³-hybridized carbons (Fsp3) is 0.750. The second-order valence-corrected chi connectivity index (χ2v) is 8.78. The lowest BCUT2D eigenvalue weighted by Gasteiger charge is -2.22. The monoisotopic (exact) mass is 385 g/mol. The number of aromatic nitrogens is 2. The van der Waals surface area contributed by atoms with Crippen LogP contribution >= 0.6 is 23.1 Å². The number of anilines is 1. The molecule has 0 saturated heterocycles. The van der Waals surface area contributed by atoms with Gasteiger partial charge < -0.3 is 10.6 Å². The van der Waals surface area contributed by atoms with Gasteiger partial charge in [0.2, 0.25) is 11.0 Å². The Hall–Kier alpha value is -1.35. The minimum atomic E-state index is -0.409. The zero-order valence-corrected chi connectivity index (χ0v) is 16.5. The van der Waals surface area contributed by atoms with E-state index in [4.69, 9.17) is 0 Å². The van der Waals surface area contributed by atoms with Crippen LogP contribution in [0.25, 0.3) is 0 Å². The number of hydrogen-bond acceptors (Lipinski definition) is 7. The lowest BCUT2D eigenvalue weighted by atomic mass is 9.96. The van der Waals surface area contributed by atoms with E-state index in [2.05, 4.69) is 33.1 Å². The molecule has 0 radical (unpaired) electrons. The molecular formula is C16H27N5O2S2. The number of carbonyl (C=O) groups excluding carboxylic acids is 2. The molecule has 1 heterocycles. The number of hydrogen-bond donors (Lipinski definition) is 3. The Labute approximate surface area is 157 Å². The summed E-state index contributed by atoms with van der Waals surface area (Å²) in [6, 6.07) is -0.215. The summed E-state index contributed by atoms with van der Waals surface area (Å²) in [4.78, 5) is 24.1. The van der Waals surface area contributed by atoms with Crippen LogP contribution in [0.3, 0.4) is 0 Å². The molecule has 3 N–H and O–H groups in total. The van der Waals surface area contributed by atoms with Gasteiger partial charge in [-0.2, -0.15) is 0 Å². The molecule has 1 atom stereocenters. The molecule has 7 nitrogen and oxygen atoms in total. The van der Waals surface area contributed by atoms with Gasteiger partial charge in [0.15, 0.2) is 4.34 Å². The van der Waals surface area contributed by atoms with Crippen LogP contribution in [0.5, 0.6) is 0 Å². The number of thioether (sulfide) groups is 1. The van der Waals surface area contributed by atoms with Gasteiger partial charge in [-0.1, -0.05) is 55.7 Å². The summed E-state index contributed by atoms with van der Waals surface area (Å²) in [6.07, 6.45) is 7.68. The number of rotatable bonds is 8. The summed E-state index contributed by atoms with van der Waals surface area (Å²) in [6.45, 7) is 4.76. The lowest BCUT2D eigenvalue weighted by Crippen LogP contribution is -2.47. The van der Waals surface area contributed by atoms with Crippen LogP contribution in [-0.4, -0.2) is 40.0 Å². The second-order valence-electron chi connectivity index (χ2n) is 6.21. The van der Waals surface area contributed by atoms with Crippen molar-refractivity contribution in [2.45, 2.75) is 74.4 Å². The Bertz CT molecular complexity index is 560. The van der Waals surface area contributed by atoms with Crippen LogP contribution in [0, 0.1) is 0 Å². The van der Waals surface area contributed by atoms with E-state index in [0.29, 0.717) is 4.34 Å². The van der Waals surface area contributed by atoms with Gasteiger partial charge >= 0.3 is 6.03 Å². The molecular weight excluding hydrogens is 358 g/mol. The first-order valence-corrected chi connectivity index (χ1v) is 10.6. The van der Waals surface area contributed by atoms with E-state index in [0.717, 1.165) is 50.2 Å². The van der Waals surface area contributed by atoms with Gasteiger partial charge in [-0.15, -0.1) is 10.2 Å². The maximum atomic E-state index is 12.2. The molecule has 0 aromatic carbocycles. The third-order valence-electron chi connectivity index (χ3n) is 4.04. The molecule has 1 saturated carbocycles. The summed E-state index contributed by atoms with van der Waals surface area (Å²) in [5.41, 5.74) is 0. The topological polar surface area (TPSA) is 96.0 Å². The van der Waals surface area contributed by atoms with Gasteiger partial charge in [-0.3, -0.25) is 10.1 Å². The number of unbranched alkanes of at least 4 members (excludes halogenated alkanes) is 1. The van der Waals surface area contributed by atoms with Crippen molar-refractivity contribution in [3.63, 3.8) is 0 Å². The maximum Gasteiger partial charge on any atom is 0.321 e. The minimum Gasteiger partial charge on any atom is -0.360 e. The first-order valence-electron chi connectivity index (χ1n) is 8.94. The molecule has 1 fully saturated rings. The number of imide groups is 1. The summed E-state index contributed by atoms with van der Waals surface area (Å²) in [5, 5.41) is 17.0. The van der Waals surface area contributed by atoms with E-state index in [1.807, 2.05) is 0 Å². The lowest BCUT2D eigenvalue weighted by molar-refractivity contribution is -0.119. The summed E-state index contributed by atoms with van der Waals surface area (Å²) in [5.74, 6) is -0.311. The second kappa shape index (κ2) is 10.6. The van der Waals surface area contributed by atoms with Crippen molar-refractivity contribution in [2.24, 2.45) is 0 Å². The average Bonchev–Trinajstić information content (AvgIpc) is 3.03. The largest absolute Gasteiger partial charge is 0.360 e. The van der Waals surface area contributed by atoms with Crippen molar-refractivity contribution in [3.05, 3.63) is 0 Å². The SMILES string of the molecule is CCCCNc1nnc(S[C@@H](C)C(=O)NC(=O)NC2CCCCC2)s1. The highest BCUT2D eigenvalue weighted by Crippen LogP contribution is 2.28. The molecule has 0 spiro atoms. The van der Waals surface area contributed by atoms with Crippen molar-refractivity contribution in [1.82, 2.24) is 20.8 Å². The van der Waals surface area contributed by atoms with E-state index >= 15 is 0 Å². The fourth-order valence-corrected chi connectivity index (χ4v) is 4.51. The Balaban J connectivity index is 1.72. The van der Waals surface area contributed by atoms with Crippen LogP contribution in [0.2, 0.25) is 0 Å². The highest BCUT2D eigenvalue weighted by molar-refractivity contribution is 8.02. The number of amides is 3. The molecule has 0 bridgehead atoms. The van der Waals surface area contributed by atoms with E-state index < -0.39 is 11.3 Å². The molecule has 140 valence electrons. The van der Waals surface area contributed by atoms with Crippen LogP contribution < -0.4 is 16.0 Å². The molecule has 1 aromatic rings. The number of nitrogens with zero attached hydrogens (tertiary/aromatic N) is 2. The molecule has 2 rings (SSSR count). The molecule has 1 aliphatic rings. The van der Waals surface area contributed by atoms with Crippen molar-refractivity contribution in [3.8, 4) is 0 Å². The number of urea groups is 1. The first kappa shape index (κ1) is 20.0. The highest BCUT2D eigenvalue weighted by Gasteiger charge is 2.21. The van der Waals surface area contributed by atoms with Crippen LogP contribution in [0.15, 0.2) is 4.34 Å². The van der Waals surface area contributed by atoms with Gasteiger partial charge in [-0.25, -0.2) is 4.79 Å². The molecule has 9 heteroatoms. The van der Waals surface area contributed by atoms with E-state index in [1.165, 1.54) is 29.5 Å². The summed E-state index contributed by atoms with van der Waals surface area (Å²) < 4.78 is 0.717. The standard InChI is InChI=1S/C16H27N5O2S2/c1-3-4-10-17-15-20-21-16(25-15)24-11(2)13(22)19-14(23)18-12-8-6-5-7-9-12/h11-12H,3-10H2,1-2H3,(H,17,20)(H2,18,19,22,23)/t11-/m0/s1. The van der Waals surface area contributed by atoms with Crippen LogP contribution in [-0.2, 0) is 4.79 Å². The Morgan fingerprint density at radius 1 is 1.28 bits per heavy atom. The van der Waals surface area contributed by atoms with Crippen molar-refractivity contribution in [2.75, 3.05) is 11.9 Å². The van der Waals surface area contributed by atoms with Crippen LogP contribution in [0.4, 0.5) is 9.93 Å². The summed E-state index contributed by atoms with van der Waals surface area (Å²) in [7, 11) is 0. The molecule has 1 aromatic heterocycles. The Kier molecular flexibility index (Phi) is 8.47. The minimum absolute atomic E-state index is 0.185. The van der Waals surface area contributed by atoms with Crippen LogP contribution in [0.1, 0.15) is 58.8 Å². The molecule has 0 unspecified atom stereocenters. The molecule has 25 heavy (non-hydrogen) atoms. The number of carbonyl (C=O) groups is 2. The van der Waals surface area contributed by atoms with Gasteiger partial charge in [0, 0.05) is 12.6 Å². The highest BCUT2D eigenvalue weighted by atomic mass is 32.2. The predicted molar refractivity (Wildman–Crippen MR) is 102 cm³/mol. The van der Waals surface area contributed by atoms with Gasteiger partial charge in [0.05, 0.1) is 5.25 Å². The average molecular weight is 386 g/mol. The zero-order valence-electron chi connectivity index (χ0n) is 14.8. The first-order chi connectivity index (χ1) is 12.1. The van der Waals surface area contributed by atoms with Gasteiger partial charge in [0.1, 0.15) is 0 Å². The number of nitrogens with one attached hydrogen (secondary N) is 3. The Morgan fingerprint density at radius 2 is 2.04 bits per heavy atom. The fourth-order valence-electron chi connectivity index (χ4n) is 2.59. The van der Waals surface area contributed by atoms with Gasteiger partial charge in [0.25, 0.3) is 0 Å². The predicted octanol–water partition coefficient (Wildman–Crippen LogP) is 3.39. The summed E-state index contributed by atoms with van der Waals surface area (Å²) >= 11 is 2.74. The molecule has 0 aliphatic heterocycles. The molecule has 1 aliphatic carbocycles. The third-order valence-corrected chi connectivity index (χ3v) is 6.10. The van der Waals surface area contributed by atoms with Gasteiger partial charge in [-0.05, 0) is 26.2 Å². The molecule has 3 amide bonds. The van der Waals surface area contributed by atoms with E-state index in [1.54, 1.807) is 6.92 Å². The quantitative estimate of drug-likeness (QED) is 0.469. The van der Waals surface area contributed by atoms with Crippen molar-refractivity contribution < 1.29 is 9.59 Å². The smallest absolute Gasteiger partial charge is 0.321 e. The van der Waals surface area contributed by atoms with Crippen molar-refractivity contribution >= 4 is 40.2 Å². The van der Waals surface area contributed by atoms with E-state index in [9.17, 15) is 9.59 Å². The van der Waals surface area contributed by atoms with E-state index in [-0.39, 0.29) is 11.9 Å². The zero-order chi connectivity index (χ0) is 18.1. The third kappa shape index (κ3) is 7.19. The Morgan fingerprint density at radius 3 is 2.76 bits per heavy atom. The maximum absolute atomic E-state index is 12.2.